The minimum atomic E-state index is -1.05. The normalized spacial score (nSPS) is 37.2. The van der Waals surface area contributed by atoms with Crippen molar-refractivity contribution in [3.63, 3.8) is 0 Å². The van der Waals surface area contributed by atoms with Crippen molar-refractivity contribution in [2.24, 2.45) is 5.41 Å². The zero-order chi connectivity index (χ0) is 11.0. The first-order valence-electron chi connectivity index (χ1n) is 4.89. The second-order valence-corrected chi connectivity index (χ2v) is 4.52. The molecule has 1 saturated carbocycles. The Labute approximate surface area is 85.3 Å². The fourth-order valence-electron chi connectivity index (χ4n) is 2.28. The van der Waals surface area contributed by atoms with Crippen LogP contribution in [0.5, 0.6) is 0 Å². The van der Waals surface area contributed by atoms with Gasteiger partial charge in [-0.2, -0.15) is 0 Å². The van der Waals surface area contributed by atoms with Crippen LogP contribution in [0, 0.1) is 5.41 Å². The number of aliphatic hydroxyl groups is 1. The van der Waals surface area contributed by atoms with Crippen molar-refractivity contribution in [3.8, 4) is 0 Å². The number of Topliss-reactive ketones (excluding diaryl/α,β-unsaturated/α-hetero) is 1. The van der Waals surface area contributed by atoms with Crippen molar-refractivity contribution in [2.45, 2.75) is 38.7 Å². The van der Waals surface area contributed by atoms with Gasteiger partial charge in [-0.3, -0.25) is 4.79 Å². The van der Waals surface area contributed by atoms with Gasteiger partial charge < -0.3 is 5.11 Å². The Kier molecular flexibility index (Phi) is 2.68. The standard InChI is InChI=1S/C12H18O2/c1-5-12(14)7-6-10(13)11(12,4)8-9(2)3/h5,14H,1-2,6-8H2,3-4H3/t11-,12+/m1/s1. The van der Waals surface area contributed by atoms with E-state index in [0.717, 1.165) is 5.57 Å². The van der Waals surface area contributed by atoms with Crippen LogP contribution < -0.4 is 0 Å². The fraction of sp³-hybridized carbons (Fsp3) is 0.583. The lowest BCUT2D eigenvalue weighted by atomic mass is 9.71. The Morgan fingerprint density at radius 1 is 1.71 bits per heavy atom. The maximum Gasteiger partial charge on any atom is 0.142 e. The van der Waals surface area contributed by atoms with Crippen LogP contribution in [0.3, 0.4) is 0 Å². The van der Waals surface area contributed by atoms with Crippen LogP contribution in [-0.2, 0) is 4.79 Å². The second-order valence-electron chi connectivity index (χ2n) is 4.52. The summed E-state index contributed by atoms with van der Waals surface area (Å²) in [6.45, 7) is 11.1. The molecule has 0 aliphatic heterocycles. The van der Waals surface area contributed by atoms with Gasteiger partial charge in [0.25, 0.3) is 0 Å². The Hall–Kier alpha value is -0.890. The van der Waals surface area contributed by atoms with Crippen LogP contribution in [0.2, 0.25) is 0 Å². The minimum absolute atomic E-state index is 0.114. The summed E-state index contributed by atoms with van der Waals surface area (Å²) < 4.78 is 0. The van der Waals surface area contributed by atoms with Crippen molar-refractivity contribution in [1.29, 1.82) is 0 Å². The van der Waals surface area contributed by atoms with Gasteiger partial charge in [-0.25, -0.2) is 0 Å². The summed E-state index contributed by atoms with van der Waals surface area (Å²) in [5, 5.41) is 10.3. The number of hydrogen-bond acceptors (Lipinski definition) is 2. The van der Waals surface area contributed by atoms with E-state index in [1.165, 1.54) is 6.08 Å². The van der Waals surface area contributed by atoms with Crippen molar-refractivity contribution >= 4 is 5.78 Å². The molecule has 2 nitrogen and oxygen atoms in total. The first-order valence-corrected chi connectivity index (χ1v) is 4.89. The summed E-state index contributed by atoms with van der Waals surface area (Å²) in [6.07, 6.45) is 2.96. The molecule has 0 aromatic rings. The van der Waals surface area contributed by atoms with Crippen LogP contribution in [-0.4, -0.2) is 16.5 Å². The molecule has 0 unspecified atom stereocenters. The van der Waals surface area contributed by atoms with E-state index in [9.17, 15) is 9.90 Å². The predicted molar refractivity (Wildman–Crippen MR) is 56.9 cm³/mol. The third-order valence-corrected chi connectivity index (χ3v) is 3.30. The van der Waals surface area contributed by atoms with E-state index in [2.05, 4.69) is 13.2 Å². The van der Waals surface area contributed by atoms with Crippen LogP contribution in [0.4, 0.5) is 0 Å². The zero-order valence-corrected chi connectivity index (χ0v) is 8.97. The molecule has 0 amide bonds. The molecule has 0 heterocycles. The number of hydrogen-bond donors (Lipinski definition) is 1. The molecule has 1 rings (SSSR count). The summed E-state index contributed by atoms with van der Waals surface area (Å²) in [6, 6.07) is 0. The summed E-state index contributed by atoms with van der Waals surface area (Å²) in [5.74, 6) is 0.114. The smallest absolute Gasteiger partial charge is 0.142 e. The quantitative estimate of drug-likeness (QED) is 0.699. The molecule has 78 valence electrons. The van der Waals surface area contributed by atoms with Crippen molar-refractivity contribution in [2.75, 3.05) is 0 Å². The van der Waals surface area contributed by atoms with Crippen LogP contribution >= 0.6 is 0 Å². The molecule has 0 spiro atoms. The summed E-state index contributed by atoms with van der Waals surface area (Å²) in [5.41, 5.74) is -0.855. The molecular weight excluding hydrogens is 176 g/mol. The number of carbonyl (C=O) groups excluding carboxylic acids is 1. The summed E-state index contributed by atoms with van der Waals surface area (Å²) in [7, 11) is 0. The molecule has 2 heteroatoms. The largest absolute Gasteiger partial charge is 0.385 e. The second kappa shape index (κ2) is 3.35. The van der Waals surface area contributed by atoms with E-state index < -0.39 is 11.0 Å². The lowest BCUT2D eigenvalue weighted by molar-refractivity contribution is -0.131. The van der Waals surface area contributed by atoms with E-state index in [-0.39, 0.29) is 5.78 Å². The van der Waals surface area contributed by atoms with Gasteiger partial charge in [0, 0.05) is 6.42 Å². The topological polar surface area (TPSA) is 37.3 Å². The van der Waals surface area contributed by atoms with Crippen molar-refractivity contribution in [3.05, 3.63) is 24.8 Å². The third kappa shape index (κ3) is 1.44. The fourth-order valence-corrected chi connectivity index (χ4v) is 2.28. The highest BCUT2D eigenvalue weighted by Crippen LogP contribution is 2.48. The molecule has 14 heavy (non-hydrogen) atoms. The highest BCUT2D eigenvalue weighted by molar-refractivity contribution is 5.89. The van der Waals surface area contributed by atoms with E-state index in [0.29, 0.717) is 19.3 Å². The maximum atomic E-state index is 11.8. The van der Waals surface area contributed by atoms with E-state index in [4.69, 9.17) is 0 Å². The first kappa shape index (κ1) is 11.2. The van der Waals surface area contributed by atoms with Gasteiger partial charge in [-0.15, -0.1) is 13.2 Å². The van der Waals surface area contributed by atoms with Gasteiger partial charge in [0.2, 0.25) is 0 Å². The highest BCUT2D eigenvalue weighted by atomic mass is 16.3. The molecule has 0 saturated heterocycles. The van der Waals surface area contributed by atoms with Crippen molar-refractivity contribution < 1.29 is 9.90 Å². The average Bonchev–Trinajstić information content (AvgIpc) is 2.30. The van der Waals surface area contributed by atoms with Crippen LogP contribution in [0.1, 0.15) is 33.1 Å². The SMILES string of the molecule is C=C[C@]1(O)CCC(=O)[C@@]1(C)CC(=C)C. The van der Waals surface area contributed by atoms with Crippen molar-refractivity contribution in [1.82, 2.24) is 0 Å². The van der Waals surface area contributed by atoms with Gasteiger partial charge in [-0.05, 0) is 26.7 Å². The molecular formula is C12H18O2. The molecule has 1 aliphatic carbocycles. The monoisotopic (exact) mass is 194 g/mol. The Balaban J connectivity index is 3.07. The predicted octanol–water partition coefficient (Wildman–Crippen LogP) is 2.24. The Morgan fingerprint density at radius 2 is 2.29 bits per heavy atom. The van der Waals surface area contributed by atoms with Crippen LogP contribution in [0.25, 0.3) is 0 Å². The third-order valence-electron chi connectivity index (χ3n) is 3.30. The molecule has 0 bridgehead atoms. The number of rotatable bonds is 3. The summed E-state index contributed by atoms with van der Waals surface area (Å²) in [4.78, 5) is 11.8. The highest BCUT2D eigenvalue weighted by Gasteiger charge is 2.54. The molecule has 2 atom stereocenters. The van der Waals surface area contributed by atoms with E-state index in [1.54, 1.807) is 6.92 Å². The Morgan fingerprint density at radius 3 is 2.71 bits per heavy atom. The average molecular weight is 194 g/mol. The number of ketones is 1. The van der Waals surface area contributed by atoms with Gasteiger partial charge in [-0.1, -0.05) is 11.6 Å². The van der Waals surface area contributed by atoms with E-state index >= 15 is 0 Å². The zero-order valence-electron chi connectivity index (χ0n) is 8.97. The van der Waals surface area contributed by atoms with Crippen LogP contribution in [0.15, 0.2) is 24.8 Å². The molecule has 0 aromatic heterocycles. The molecule has 0 radical (unpaired) electrons. The Bertz CT molecular complexity index is 293. The van der Waals surface area contributed by atoms with Gasteiger partial charge in [0.15, 0.2) is 0 Å². The van der Waals surface area contributed by atoms with E-state index in [1.807, 2.05) is 6.92 Å². The molecule has 1 N–H and O–H groups in total. The molecule has 1 aliphatic rings. The van der Waals surface area contributed by atoms with Gasteiger partial charge in [0.1, 0.15) is 5.78 Å². The lowest BCUT2D eigenvalue weighted by Crippen LogP contribution is -2.43. The van der Waals surface area contributed by atoms with Gasteiger partial charge >= 0.3 is 0 Å². The molecule has 0 aromatic carbocycles. The lowest BCUT2D eigenvalue weighted by Gasteiger charge is -2.36. The molecule has 1 fully saturated rings. The minimum Gasteiger partial charge on any atom is -0.385 e. The number of carbonyl (C=O) groups is 1. The maximum absolute atomic E-state index is 11.8. The number of allylic oxidation sites excluding steroid dienone is 1. The van der Waals surface area contributed by atoms with Gasteiger partial charge in [0.05, 0.1) is 11.0 Å². The summed E-state index contributed by atoms with van der Waals surface area (Å²) >= 11 is 0. The first-order chi connectivity index (χ1) is 6.35.